The first-order valence-corrected chi connectivity index (χ1v) is 10.3. The van der Waals surface area contributed by atoms with Gasteiger partial charge in [0.05, 0.1) is 6.54 Å². The summed E-state index contributed by atoms with van der Waals surface area (Å²) >= 11 is 1.29. The van der Waals surface area contributed by atoms with Crippen molar-refractivity contribution in [1.82, 2.24) is 9.21 Å². The van der Waals surface area contributed by atoms with Crippen LogP contribution in [0.25, 0.3) is 0 Å². The Labute approximate surface area is 152 Å². The third-order valence-electron chi connectivity index (χ3n) is 4.07. The van der Waals surface area contributed by atoms with Gasteiger partial charge in [0.25, 0.3) is 10.0 Å². The second kappa shape index (κ2) is 7.65. The number of benzene rings is 1. The lowest BCUT2D eigenvalue weighted by molar-refractivity contribution is -0.117. The van der Waals surface area contributed by atoms with Crippen molar-refractivity contribution in [3.63, 3.8) is 0 Å². The van der Waals surface area contributed by atoms with Crippen molar-refractivity contribution in [2.45, 2.75) is 11.1 Å². The molecule has 1 N–H and O–H groups in total. The Kier molecular flexibility index (Phi) is 5.53. The zero-order chi connectivity index (χ0) is 17.9. The van der Waals surface area contributed by atoms with Crippen molar-refractivity contribution in [1.29, 1.82) is 0 Å². The van der Waals surface area contributed by atoms with E-state index in [-0.39, 0.29) is 12.5 Å². The standard InChI is InChI=1S/C17H21N3O3S2/c1-14-7-8-17(24-14)25(22,23)20-11-9-19(10-12-20)13-16(21)18-15-5-3-2-4-6-15/h2-8H,9-13H2,1H3,(H,18,21). The number of aryl methyl sites for hydroxylation is 1. The fourth-order valence-corrected chi connectivity index (χ4v) is 5.59. The van der Waals surface area contributed by atoms with E-state index >= 15 is 0 Å². The van der Waals surface area contributed by atoms with Gasteiger partial charge in [-0.05, 0) is 31.2 Å². The van der Waals surface area contributed by atoms with E-state index in [0.29, 0.717) is 30.4 Å². The highest BCUT2D eigenvalue weighted by Crippen LogP contribution is 2.25. The van der Waals surface area contributed by atoms with Crippen LogP contribution in [0, 0.1) is 6.92 Å². The molecule has 0 spiro atoms. The Bertz CT molecular complexity index is 826. The van der Waals surface area contributed by atoms with Gasteiger partial charge in [0.2, 0.25) is 5.91 Å². The molecule has 6 nitrogen and oxygen atoms in total. The van der Waals surface area contributed by atoms with Crippen LogP contribution in [0.2, 0.25) is 0 Å². The van der Waals surface area contributed by atoms with Crippen molar-refractivity contribution in [2.24, 2.45) is 0 Å². The molecule has 0 bridgehead atoms. The lowest BCUT2D eigenvalue weighted by Gasteiger charge is -2.33. The molecular formula is C17H21N3O3S2. The minimum atomic E-state index is -3.42. The number of carbonyl (C=O) groups excluding carboxylic acids is 1. The number of nitrogens with zero attached hydrogens (tertiary/aromatic N) is 2. The molecule has 0 saturated carbocycles. The maximum Gasteiger partial charge on any atom is 0.252 e. The third-order valence-corrected chi connectivity index (χ3v) is 7.43. The van der Waals surface area contributed by atoms with Gasteiger partial charge in [-0.2, -0.15) is 4.31 Å². The molecule has 1 aromatic heterocycles. The van der Waals surface area contributed by atoms with Crippen LogP contribution >= 0.6 is 11.3 Å². The fourth-order valence-electron chi connectivity index (χ4n) is 2.73. The van der Waals surface area contributed by atoms with Crippen LogP contribution in [0.5, 0.6) is 0 Å². The van der Waals surface area contributed by atoms with E-state index in [1.54, 1.807) is 6.07 Å². The summed E-state index contributed by atoms with van der Waals surface area (Å²) in [5, 5.41) is 2.85. The smallest absolute Gasteiger partial charge is 0.252 e. The van der Waals surface area contributed by atoms with E-state index in [2.05, 4.69) is 5.32 Å². The average molecular weight is 380 g/mol. The van der Waals surface area contributed by atoms with E-state index in [4.69, 9.17) is 0 Å². The third kappa shape index (κ3) is 4.46. The number of carbonyl (C=O) groups is 1. The molecule has 1 saturated heterocycles. The molecule has 1 aliphatic heterocycles. The summed E-state index contributed by atoms with van der Waals surface area (Å²) in [6.45, 7) is 4.06. The zero-order valence-corrected chi connectivity index (χ0v) is 15.6. The average Bonchev–Trinajstić information content (AvgIpc) is 3.03. The first kappa shape index (κ1) is 18.1. The normalized spacial score (nSPS) is 16.7. The molecular weight excluding hydrogens is 358 g/mol. The molecule has 0 radical (unpaired) electrons. The zero-order valence-electron chi connectivity index (χ0n) is 14.0. The number of amides is 1. The minimum Gasteiger partial charge on any atom is -0.325 e. The Morgan fingerprint density at radius 2 is 1.76 bits per heavy atom. The maximum atomic E-state index is 12.6. The van der Waals surface area contributed by atoms with Gasteiger partial charge in [-0.1, -0.05) is 18.2 Å². The van der Waals surface area contributed by atoms with Crippen LogP contribution in [0.3, 0.4) is 0 Å². The van der Waals surface area contributed by atoms with Crippen LogP contribution in [0.1, 0.15) is 4.88 Å². The van der Waals surface area contributed by atoms with Crippen molar-refractivity contribution in [3.8, 4) is 0 Å². The Hall–Kier alpha value is -1.74. The molecule has 2 aromatic rings. The largest absolute Gasteiger partial charge is 0.325 e. The molecule has 0 aliphatic carbocycles. The second-order valence-electron chi connectivity index (χ2n) is 5.96. The number of piperazine rings is 1. The van der Waals surface area contributed by atoms with Crippen LogP contribution < -0.4 is 5.32 Å². The van der Waals surface area contributed by atoms with Gasteiger partial charge < -0.3 is 5.32 Å². The van der Waals surface area contributed by atoms with Gasteiger partial charge in [-0.3, -0.25) is 9.69 Å². The molecule has 3 rings (SSSR count). The quantitative estimate of drug-likeness (QED) is 0.863. The van der Waals surface area contributed by atoms with Gasteiger partial charge in [-0.15, -0.1) is 11.3 Å². The monoisotopic (exact) mass is 379 g/mol. The molecule has 0 unspecified atom stereocenters. The lowest BCUT2D eigenvalue weighted by Crippen LogP contribution is -2.50. The molecule has 1 fully saturated rings. The molecule has 1 aromatic carbocycles. The minimum absolute atomic E-state index is 0.0867. The summed E-state index contributed by atoms with van der Waals surface area (Å²) in [5.74, 6) is -0.0867. The Balaban J connectivity index is 1.52. The molecule has 134 valence electrons. The highest BCUT2D eigenvalue weighted by molar-refractivity contribution is 7.91. The van der Waals surface area contributed by atoms with Crippen LogP contribution in [-0.2, 0) is 14.8 Å². The Morgan fingerprint density at radius 1 is 1.08 bits per heavy atom. The maximum absolute atomic E-state index is 12.6. The number of nitrogens with one attached hydrogen (secondary N) is 1. The molecule has 1 amide bonds. The summed E-state index contributed by atoms with van der Waals surface area (Å²) in [4.78, 5) is 15.1. The van der Waals surface area contributed by atoms with E-state index in [1.807, 2.05) is 48.2 Å². The van der Waals surface area contributed by atoms with E-state index in [0.717, 1.165) is 10.6 Å². The van der Waals surface area contributed by atoms with Gasteiger partial charge in [0.1, 0.15) is 4.21 Å². The highest BCUT2D eigenvalue weighted by atomic mass is 32.2. The molecule has 0 atom stereocenters. The van der Waals surface area contributed by atoms with E-state index < -0.39 is 10.0 Å². The summed E-state index contributed by atoms with van der Waals surface area (Å²) in [6.07, 6.45) is 0. The van der Waals surface area contributed by atoms with Crippen molar-refractivity contribution in [2.75, 3.05) is 38.0 Å². The molecule has 25 heavy (non-hydrogen) atoms. The Morgan fingerprint density at radius 3 is 2.36 bits per heavy atom. The summed E-state index contributed by atoms with van der Waals surface area (Å²) in [6, 6.07) is 12.8. The van der Waals surface area contributed by atoms with Gasteiger partial charge in [0.15, 0.2) is 0 Å². The number of rotatable bonds is 5. The fraction of sp³-hybridized carbons (Fsp3) is 0.353. The first-order valence-electron chi connectivity index (χ1n) is 8.09. The number of sulfonamides is 1. The van der Waals surface area contributed by atoms with Gasteiger partial charge in [-0.25, -0.2) is 8.42 Å². The SMILES string of the molecule is Cc1ccc(S(=O)(=O)N2CCN(CC(=O)Nc3ccccc3)CC2)s1. The number of anilines is 1. The molecule has 2 heterocycles. The van der Waals surface area contributed by atoms with Crippen LogP contribution in [-0.4, -0.2) is 56.3 Å². The first-order chi connectivity index (χ1) is 11.9. The van der Waals surface area contributed by atoms with Crippen molar-refractivity contribution in [3.05, 3.63) is 47.3 Å². The molecule has 8 heteroatoms. The van der Waals surface area contributed by atoms with Gasteiger partial charge >= 0.3 is 0 Å². The van der Waals surface area contributed by atoms with Crippen LogP contribution in [0.4, 0.5) is 5.69 Å². The van der Waals surface area contributed by atoms with Gasteiger partial charge in [0, 0.05) is 36.7 Å². The van der Waals surface area contributed by atoms with Crippen molar-refractivity contribution >= 4 is 33.0 Å². The number of hydrogen-bond acceptors (Lipinski definition) is 5. The summed E-state index contributed by atoms with van der Waals surface area (Å²) in [5.41, 5.74) is 0.766. The topological polar surface area (TPSA) is 69.7 Å². The number of hydrogen-bond donors (Lipinski definition) is 1. The summed E-state index contributed by atoms with van der Waals surface area (Å²) in [7, 11) is -3.42. The number of para-hydroxylation sites is 1. The van der Waals surface area contributed by atoms with Crippen molar-refractivity contribution < 1.29 is 13.2 Å². The second-order valence-corrected chi connectivity index (χ2v) is 9.41. The number of thiophene rings is 1. The molecule has 1 aliphatic rings. The van der Waals surface area contributed by atoms with Crippen LogP contribution in [0.15, 0.2) is 46.7 Å². The van der Waals surface area contributed by atoms with E-state index in [1.165, 1.54) is 15.6 Å². The summed E-state index contributed by atoms with van der Waals surface area (Å²) < 4.78 is 27.1. The van der Waals surface area contributed by atoms with E-state index in [9.17, 15) is 13.2 Å². The predicted octanol–water partition coefficient (Wildman–Crippen LogP) is 2.00. The highest BCUT2D eigenvalue weighted by Gasteiger charge is 2.29. The lowest BCUT2D eigenvalue weighted by atomic mass is 10.3. The predicted molar refractivity (Wildman–Crippen MR) is 99.3 cm³/mol.